The monoisotopic (exact) mass is 172 g/mol. The topological polar surface area (TPSA) is 55.6 Å². The molecule has 0 amide bonds. The average molecular weight is 172 g/mol. The fourth-order valence-corrected chi connectivity index (χ4v) is 1.13. The first-order chi connectivity index (χ1) is 5.79. The van der Waals surface area contributed by atoms with Crippen LogP contribution in [0.2, 0.25) is 0 Å². The molecule has 0 aliphatic carbocycles. The van der Waals surface area contributed by atoms with Crippen molar-refractivity contribution in [1.82, 2.24) is 4.90 Å². The molecule has 0 spiro atoms. The SMILES string of the molecule is O=[N+]([O-])OCCN1C=CCCC1. The molecule has 5 heteroatoms. The smallest absolute Gasteiger partial charge is 0.294 e. The molecule has 5 nitrogen and oxygen atoms in total. The van der Waals surface area contributed by atoms with Gasteiger partial charge in [0.15, 0.2) is 0 Å². The maximum atomic E-state index is 9.79. The van der Waals surface area contributed by atoms with Gasteiger partial charge >= 0.3 is 0 Å². The lowest BCUT2D eigenvalue weighted by Crippen LogP contribution is -2.25. The predicted molar refractivity (Wildman–Crippen MR) is 42.9 cm³/mol. The Morgan fingerprint density at radius 2 is 2.50 bits per heavy atom. The summed E-state index contributed by atoms with van der Waals surface area (Å²) >= 11 is 0. The Labute approximate surface area is 70.7 Å². The van der Waals surface area contributed by atoms with Crippen molar-refractivity contribution in [1.29, 1.82) is 0 Å². The van der Waals surface area contributed by atoms with Crippen molar-refractivity contribution in [2.75, 3.05) is 19.7 Å². The van der Waals surface area contributed by atoms with Gasteiger partial charge in [0, 0.05) is 13.1 Å². The van der Waals surface area contributed by atoms with Crippen LogP contribution in [0.3, 0.4) is 0 Å². The van der Waals surface area contributed by atoms with E-state index in [-0.39, 0.29) is 6.61 Å². The highest BCUT2D eigenvalue weighted by molar-refractivity contribution is 4.87. The molecule has 12 heavy (non-hydrogen) atoms. The molecule has 0 aromatic carbocycles. The first kappa shape index (κ1) is 8.83. The minimum atomic E-state index is -0.756. The molecule has 0 saturated heterocycles. The third kappa shape index (κ3) is 3.23. The third-order valence-electron chi connectivity index (χ3n) is 1.71. The highest BCUT2D eigenvalue weighted by Gasteiger charge is 2.03. The molecular weight excluding hydrogens is 160 g/mol. The molecule has 0 saturated carbocycles. The van der Waals surface area contributed by atoms with E-state index in [1.165, 1.54) is 0 Å². The number of nitrogens with zero attached hydrogens (tertiary/aromatic N) is 2. The minimum Gasteiger partial charge on any atom is -0.376 e. The van der Waals surface area contributed by atoms with Gasteiger partial charge < -0.3 is 9.74 Å². The van der Waals surface area contributed by atoms with Crippen LogP contribution in [0.4, 0.5) is 0 Å². The summed E-state index contributed by atoms with van der Waals surface area (Å²) in [5, 5.41) is 9.03. The van der Waals surface area contributed by atoms with Crippen molar-refractivity contribution < 1.29 is 9.92 Å². The highest BCUT2D eigenvalue weighted by Crippen LogP contribution is 2.04. The molecule has 0 radical (unpaired) electrons. The Hall–Kier alpha value is -1.26. The van der Waals surface area contributed by atoms with Gasteiger partial charge in [-0.25, -0.2) is 0 Å². The maximum Gasteiger partial charge on any atom is 0.294 e. The zero-order valence-corrected chi connectivity index (χ0v) is 6.81. The van der Waals surface area contributed by atoms with Crippen LogP contribution in [-0.2, 0) is 4.84 Å². The third-order valence-corrected chi connectivity index (χ3v) is 1.71. The van der Waals surface area contributed by atoms with E-state index in [1.54, 1.807) is 0 Å². The summed E-state index contributed by atoms with van der Waals surface area (Å²) in [4.78, 5) is 16.0. The molecule has 68 valence electrons. The fraction of sp³-hybridized carbons (Fsp3) is 0.714. The maximum absolute atomic E-state index is 9.79. The molecule has 1 heterocycles. The normalized spacial score (nSPS) is 16.2. The van der Waals surface area contributed by atoms with Gasteiger partial charge in [-0.15, -0.1) is 10.1 Å². The first-order valence-electron chi connectivity index (χ1n) is 3.97. The van der Waals surface area contributed by atoms with Crippen LogP contribution in [0.5, 0.6) is 0 Å². The quantitative estimate of drug-likeness (QED) is 0.465. The van der Waals surface area contributed by atoms with E-state index in [4.69, 9.17) is 0 Å². The van der Waals surface area contributed by atoms with E-state index >= 15 is 0 Å². The Kier molecular flexibility index (Phi) is 3.37. The minimum absolute atomic E-state index is 0.150. The number of allylic oxidation sites excluding steroid dienone is 1. The van der Waals surface area contributed by atoms with Crippen molar-refractivity contribution in [3.8, 4) is 0 Å². The molecule has 1 aliphatic heterocycles. The summed E-state index contributed by atoms with van der Waals surface area (Å²) < 4.78 is 0. The lowest BCUT2D eigenvalue weighted by molar-refractivity contribution is -0.757. The molecular formula is C7H12N2O3. The van der Waals surface area contributed by atoms with Crippen molar-refractivity contribution >= 4 is 0 Å². The van der Waals surface area contributed by atoms with Crippen molar-refractivity contribution in [2.45, 2.75) is 12.8 Å². The Bertz CT molecular complexity index is 181. The van der Waals surface area contributed by atoms with Crippen LogP contribution >= 0.6 is 0 Å². The van der Waals surface area contributed by atoms with Gasteiger partial charge in [-0.1, -0.05) is 6.08 Å². The second-order valence-corrected chi connectivity index (χ2v) is 2.62. The zero-order valence-electron chi connectivity index (χ0n) is 6.81. The molecule has 0 bridgehead atoms. The molecule has 0 atom stereocenters. The standard InChI is InChI=1S/C7H12N2O3/c10-9(11)12-7-6-8-4-2-1-3-5-8/h2,4H,1,3,5-7H2. The van der Waals surface area contributed by atoms with Gasteiger partial charge in [-0.2, -0.15) is 0 Å². The number of hydrogen-bond donors (Lipinski definition) is 0. The fourth-order valence-electron chi connectivity index (χ4n) is 1.13. The number of rotatable bonds is 4. The van der Waals surface area contributed by atoms with E-state index in [0.717, 1.165) is 19.4 Å². The van der Waals surface area contributed by atoms with Crippen molar-refractivity contribution in [3.05, 3.63) is 22.4 Å². The van der Waals surface area contributed by atoms with Gasteiger partial charge in [0.25, 0.3) is 5.09 Å². The van der Waals surface area contributed by atoms with Crippen LogP contribution in [0.1, 0.15) is 12.8 Å². The van der Waals surface area contributed by atoms with E-state index in [9.17, 15) is 10.1 Å². The van der Waals surface area contributed by atoms with Crippen LogP contribution in [-0.4, -0.2) is 29.7 Å². The molecule has 1 rings (SSSR count). The van der Waals surface area contributed by atoms with Gasteiger partial charge in [0.2, 0.25) is 0 Å². The second kappa shape index (κ2) is 4.58. The Balaban J connectivity index is 2.09. The van der Waals surface area contributed by atoms with Crippen LogP contribution in [0, 0.1) is 10.1 Å². The Morgan fingerprint density at radius 1 is 1.67 bits per heavy atom. The Morgan fingerprint density at radius 3 is 3.08 bits per heavy atom. The largest absolute Gasteiger partial charge is 0.376 e. The predicted octanol–water partition coefficient (Wildman–Crippen LogP) is 0.804. The summed E-state index contributed by atoms with van der Waals surface area (Å²) in [5.74, 6) is 0. The van der Waals surface area contributed by atoms with Gasteiger partial charge in [-0.3, -0.25) is 0 Å². The summed E-state index contributed by atoms with van der Waals surface area (Å²) in [6.45, 7) is 1.71. The van der Waals surface area contributed by atoms with E-state index in [1.807, 2.05) is 11.1 Å². The summed E-state index contributed by atoms with van der Waals surface area (Å²) in [6.07, 6.45) is 6.25. The van der Waals surface area contributed by atoms with Gasteiger partial charge in [-0.05, 0) is 19.0 Å². The molecule has 0 fully saturated rings. The molecule has 0 aromatic heterocycles. The summed E-state index contributed by atoms with van der Waals surface area (Å²) in [6, 6.07) is 0. The molecule has 1 aliphatic rings. The van der Waals surface area contributed by atoms with Crippen LogP contribution in [0.15, 0.2) is 12.3 Å². The average Bonchev–Trinajstić information content (AvgIpc) is 2.05. The lowest BCUT2D eigenvalue weighted by Gasteiger charge is -2.22. The van der Waals surface area contributed by atoms with E-state index in [0.29, 0.717) is 6.54 Å². The van der Waals surface area contributed by atoms with Crippen LogP contribution in [0.25, 0.3) is 0 Å². The lowest BCUT2D eigenvalue weighted by atomic mass is 10.2. The van der Waals surface area contributed by atoms with Crippen molar-refractivity contribution in [2.24, 2.45) is 0 Å². The summed E-state index contributed by atoms with van der Waals surface area (Å²) in [5.41, 5.74) is 0. The number of hydrogen-bond acceptors (Lipinski definition) is 4. The van der Waals surface area contributed by atoms with E-state index in [2.05, 4.69) is 10.9 Å². The van der Waals surface area contributed by atoms with E-state index < -0.39 is 5.09 Å². The second-order valence-electron chi connectivity index (χ2n) is 2.62. The van der Waals surface area contributed by atoms with Gasteiger partial charge in [0.1, 0.15) is 6.61 Å². The highest BCUT2D eigenvalue weighted by atomic mass is 16.9. The van der Waals surface area contributed by atoms with Crippen molar-refractivity contribution in [3.63, 3.8) is 0 Å². The molecule has 0 N–H and O–H groups in total. The van der Waals surface area contributed by atoms with Gasteiger partial charge in [0.05, 0.1) is 0 Å². The van der Waals surface area contributed by atoms with Crippen LogP contribution < -0.4 is 0 Å². The zero-order chi connectivity index (χ0) is 8.81. The molecule has 0 aromatic rings. The summed E-state index contributed by atoms with van der Waals surface area (Å²) in [7, 11) is 0. The molecule has 0 unspecified atom stereocenters. The first-order valence-corrected chi connectivity index (χ1v) is 3.97.